The van der Waals surface area contributed by atoms with Crippen molar-refractivity contribution in [3.05, 3.63) is 12.2 Å². The summed E-state index contributed by atoms with van der Waals surface area (Å²) in [5, 5.41) is 8.81. The van der Waals surface area contributed by atoms with Crippen LogP contribution in [-0.4, -0.2) is 42.0 Å². The van der Waals surface area contributed by atoms with Gasteiger partial charge in [0, 0.05) is 12.2 Å². The zero-order valence-electron chi connectivity index (χ0n) is 11.4. The molecule has 0 aromatic heterocycles. The van der Waals surface area contributed by atoms with Crippen molar-refractivity contribution < 1.29 is 27.6 Å². The second-order valence-corrected chi connectivity index (χ2v) is 6.35. The molecule has 0 aliphatic heterocycles. The van der Waals surface area contributed by atoms with Crippen molar-refractivity contribution in [3.63, 3.8) is 0 Å². The minimum Gasteiger partial charge on any atom is -0.462 e. The summed E-state index contributed by atoms with van der Waals surface area (Å²) in [6.07, 6.45) is 0.297. The Morgan fingerprint density at radius 3 is 2.26 bits per heavy atom. The zero-order valence-corrected chi connectivity index (χ0v) is 12.2. The summed E-state index contributed by atoms with van der Waals surface area (Å²) in [4.78, 5) is 11.1. The Bertz CT molecular complexity index is 405. The molecular weight excluding hydrogens is 274 g/mol. The smallest absolute Gasteiger partial charge is 0.333 e. The molecule has 0 amide bonds. The van der Waals surface area contributed by atoms with E-state index in [1.807, 2.05) is 0 Å². The number of rotatable bonds is 8. The first-order chi connectivity index (χ1) is 8.14. The van der Waals surface area contributed by atoms with Gasteiger partial charge in [-0.15, -0.1) is 0 Å². The number of carbonyl (C=O) groups is 1. The molecule has 0 fully saturated rings. The quantitative estimate of drug-likeness (QED) is 0.264. The second kappa shape index (κ2) is 8.26. The highest BCUT2D eigenvalue weighted by Gasteiger charge is 2.36. The van der Waals surface area contributed by atoms with Gasteiger partial charge in [-0.05, 0) is 33.1 Å². The number of hydrogen-bond acceptors (Lipinski definition) is 6. The predicted octanol–water partition coefficient (Wildman–Crippen LogP) is 1.08. The molecule has 0 aliphatic carbocycles. The summed E-state index contributed by atoms with van der Waals surface area (Å²) in [7, 11) is -4.26. The largest absolute Gasteiger partial charge is 0.462 e. The van der Waals surface area contributed by atoms with Gasteiger partial charge < -0.3 is 16.0 Å². The van der Waals surface area contributed by atoms with E-state index in [2.05, 4.69) is 6.58 Å². The molecule has 0 spiro atoms. The van der Waals surface area contributed by atoms with Crippen LogP contribution in [-0.2, 0) is 19.6 Å². The number of carbonyl (C=O) groups excluding carboxylic acids is 1. The third-order valence-electron chi connectivity index (χ3n) is 2.69. The lowest BCUT2D eigenvalue weighted by molar-refractivity contribution is -0.139. The molecule has 8 heteroatoms. The third kappa shape index (κ3) is 6.67. The number of ether oxygens (including phenoxy) is 1. The predicted molar refractivity (Wildman–Crippen MR) is 71.7 cm³/mol. The minimum atomic E-state index is -4.26. The summed E-state index contributed by atoms with van der Waals surface area (Å²) in [5.74, 6) is -0.536. The van der Waals surface area contributed by atoms with Crippen LogP contribution in [0.2, 0.25) is 0 Å². The highest BCUT2D eigenvalue weighted by atomic mass is 32.2. The molecule has 0 aromatic carbocycles. The van der Waals surface area contributed by atoms with Gasteiger partial charge in [-0.25, -0.2) is 4.79 Å². The molecule has 19 heavy (non-hydrogen) atoms. The van der Waals surface area contributed by atoms with E-state index >= 15 is 0 Å². The molecule has 0 radical (unpaired) electrons. The van der Waals surface area contributed by atoms with Crippen LogP contribution >= 0.6 is 0 Å². The molecule has 0 heterocycles. The first-order valence-corrected chi connectivity index (χ1v) is 6.98. The fourth-order valence-corrected chi connectivity index (χ4v) is 2.11. The third-order valence-corrected chi connectivity index (χ3v) is 4.35. The van der Waals surface area contributed by atoms with E-state index in [0.29, 0.717) is 0 Å². The molecule has 0 saturated carbocycles. The van der Waals surface area contributed by atoms with E-state index < -0.39 is 20.8 Å². The van der Waals surface area contributed by atoms with Crippen molar-refractivity contribution in [2.75, 3.05) is 13.2 Å². The average Bonchev–Trinajstić information content (AvgIpc) is 2.22. The zero-order chi connectivity index (χ0) is 14.4. The highest BCUT2D eigenvalue weighted by molar-refractivity contribution is 7.87. The molecule has 1 unspecified atom stereocenters. The van der Waals surface area contributed by atoms with E-state index in [-0.39, 0.29) is 44.2 Å². The van der Waals surface area contributed by atoms with Crippen LogP contribution in [0.25, 0.3) is 0 Å². The molecule has 5 N–H and O–H groups in total. The van der Waals surface area contributed by atoms with E-state index in [1.54, 1.807) is 0 Å². The fourth-order valence-electron chi connectivity index (χ4n) is 1.35. The maximum absolute atomic E-state index is 11.2. The Kier molecular flexibility index (Phi) is 8.85. The van der Waals surface area contributed by atoms with Gasteiger partial charge >= 0.3 is 5.97 Å². The van der Waals surface area contributed by atoms with Crippen LogP contribution < -0.4 is 6.15 Å². The van der Waals surface area contributed by atoms with Gasteiger partial charge in [0.15, 0.2) is 0 Å². The summed E-state index contributed by atoms with van der Waals surface area (Å²) in [5.41, 5.74) is 0.267. The van der Waals surface area contributed by atoms with E-state index in [9.17, 15) is 13.2 Å². The maximum atomic E-state index is 11.2. The van der Waals surface area contributed by atoms with Gasteiger partial charge in [0.25, 0.3) is 10.1 Å². The van der Waals surface area contributed by atoms with Crippen molar-refractivity contribution in [2.24, 2.45) is 0 Å². The highest BCUT2D eigenvalue weighted by Crippen LogP contribution is 2.26. The standard InChI is InChI=1S/C11H20O6S.H3N/c1-9(2)10(13)17-8-4-5-11(3,6-7-12)18(14,15)16;/h12H,1,4-8H2,2-3H3,(H,14,15,16);1H3. The number of hydrogen-bond donors (Lipinski definition) is 3. The van der Waals surface area contributed by atoms with E-state index in [0.717, 1.165) is 0 Å². The van der Waals surface area contributed by atoms with Crippen molar-refractivity contribution in [3.8, 4) is 0 Å². The van der Waals surface area contributed by atoms with Gasteiger partial charge in [0.2, 0.25) is 0 Å². The van der Waals surface area contributed by atoms with Crippen molar-refractivity contribution >= 4 is 16.1 Å². The number of esters is 1. The summed E-state index contributed by atoms with van der Waals surface area (Å²) < 4.78 is 34.9. The molecule has 0 aliphatic rings. The van der Waals surface area contributed by atoms with Gasteiger partial charge in [0.1, 0.15) is 0 Å². The van der Waals surface area contributed by atoms with Gasteiger partial charge in [0.05, 0.1) is 11.4 Å². The van der Waals surface area contributed by atoms with Crippen molar-refractivity contribution in [1.82, 2.24) is 6.15 Å². The Hall–Kier alpha value is -0.960. The molecule has 114 valence electrons. The Morgan fingerprint density at radius 1 is 1.37 bits per heavy atom. The molecule has 1 atom stereocenters. The number of aliphatic hydroxyl groups excluding tert-OH is 1. The lowest BCUT2D eigenvalue weighted by atomic mass is 10.0. The average molecular weight is 297 g/mol. The van der Waals surface area contributed by atoms with E-state index in [4.69, 9.17) is 14.4 Å². The molecule has 0 rings (SSSR count). The Labute approximate surface area is 114 Å². The summed E-state index contributed by atoms with van der Waals surface area (Å²) in [6.45, 7) is 5.96. The fraction of sp³-hybridized carbons (Fsp3) is 0.727. The monoisotopic (exact) mass is 297 g/mol. The Balaban J connectivity index is 0. The van der Waals surface area contributed by atoms with Crippen LogP contribution in [0.1, 0.15) is 33.1 Å². The lowest BCUT2D eigenvalue weighted by Crippen LogP contribution is -2.36. The molecule has 0 aromatic rings. The Morgan fingerprint density at radius 2 is 1.89 bits per heavy atom. The minimum absolute atomic E-state index is 0. The normalized spacial score (nSPS) is 14.1. The second-order valence-electron chi connectivity index (χ2n) is 4.42. The van der Waals surface area contributed by atoms with Crippen LogP contribution in [0, 0.1) is 0 Å². The topological polar surface area (TPSA) is 136 Å². The van der Waals surface area contributed by atoms with Crippen molar-refractivity contribution in [1.29, 1.82) is 0 Å². The first-order valence-electron chi connectivity index (χ1n) is 5.54. The molecular formula is C11H23NO6S. The first kappa shape index (κ1) is 20.4. The number of aliphatic hydroxyl groups is 1. The van der Waals surface area contributed by atoms with Crippen LogP contribution in [0.15, 0.2) is 12.2 Å². The van der Waals surface area contributed by atoms with Gasteiger partial charge in [-0.2, -0.15) is 8.42 Å². The lowest BCUT2D eigenvalue weighted by Gasteiger charge is -2.25. The molecule has 0 saturated heterocycles. The van der Waals surface area contributed by atoms with E-state index in [1.165, 1.54) is 13.8 Å². The van der Waals surface area contributed by atoms with Gasteiger partial charge in [-0.3, -0.25) is 4.55 Å². The van der Waals surface area contributed by atoms with Crippen LogP contribution in [0.3, 0.4) is 0 Å². The van der Waals surface area contributed by atoms with Gasteiger partial charge in [-0.1, -0.05) is 6.58 Å². The van der Waals surface area contributed by atoms with Crippen LogP contribution in [0.4, 0.5) is 0 Å². The summed E-state index contributed by atoms with van der Waals surface area (Å²) in [6, 6.07) is 0. The maximum Gasteiger partial charge on any atom is 0.333 e. The SMILES string of the molecule is C=C(C)C(=O)OCCCC(C)(CCO)S(=O)(=O)O.N. The van der Waals surface area contributed by atoms with Crippen LogP contribution in [0.5, 0.6) is 0 Å². The summed E-state index contributed by atoms with van der Waals surface area (Å²) >= 11 is 0. The molecule has 0 bridgehead atoms. The molecule has 7 nitrogen and oxygen atoms in total. The van der Waals surface area contributed by atoms with Crippen molar-refractivity contribution in [2.45, 2.75) is 37.9 Å².